The number of carbonyl (C=O) groups excluding carboxylic acids is 1. The Hall–Kier alpha value is -2.20. The predicted molar refractivity (Wildman–Crippen MR) is 99.4 cm³/mol. The van der Waals surface area contributed by atoms with Gasteiger partial charge in [-0.25, -0.2) is 0 Å². The summed E-state index contributed by atoms with van der Waals surface area (Å²) in [5.74, 6) is 2.04. The van der Waals surface area contributed by atoms with Crippen molar-refractivity contribution in [3.05, 3.63) is 52.5 Å². The number of aldehydes is 1. The van der Waals surface area contributed by atoms with Crippen molar-refractivity contribution in [2.75, 3.05) is 20.3 Å². The van der Waals surface area contributed by atoms with Crippen molar-refractivity contribution in [2.45, 2.75) is 26.2 Å². The number of rotatable bonds is 10. The molecule has 0 spiro atoms. The first kappa shape index (κ1) is 19.1. The third-order valence-electron chi connectivity index (χ3n) is 3.79. The highest BCUT2D eigenvalue weighted by Gasteiger charge is 2.05. The summed E-state index contributed by atoms with van der Waals surface area (Å²) in [5.41, 5.74) is 1.65. The van der Waals surface area contributed by atoms with Crippen LogP contribution in [0.15, 0.2) is 36.4 Å². The van der Waals surface area contributed by atoms with Crippen molar-refractivity contribution in [1.29, 1.82) is 0 Å². The lowest BCUT2D eigenvalue weighted by Gasteiger charge is -2.11. The van der Waals surface area contributed by atoms with Gasteiger partial charge < -0.3 is 14.2 Å². The van der Waals surface area contributed by atoms with E-state index in [1.54, 1.807) is 25.3 Å². The highest BCUT2D eigenvalue weighted by atomic mass is 35.5. The molecule has 0 aliphatic heterocycles. The highest BCUT2D eigenvalue weighted by Crippen LogP contribution is 2.27. The van der Waals surface area contributed by atoms with Crippen LogP contribution in [0.25, 0.3) is 0 Å². The lowest BCUT2D eigenvalue weighted by molar-refractivity contribution is 0.112. The fourth-order valence-electron chi connectivity index (χ4n) is 2.36. The van der Waals surface area contributed by atoms with Gasteiger partial charge in [-0.05, 0) is 61.2 Å². The first-order valence-electron chi connectivity index (χ1n) is 8.35. The number of ether oxygens (including phenoxy) is 3. The van der Waals surface area contributed by atoms with Gasteiger partial charge >= 0.3 is 0 Å². The average molecular weight is 363 g/mol. The monoisotopic (exact) mass is 362 g/mol. The Morgan fingerprint density at radius 2 is 1.76 bits per heavy atom. The molecule has 134 valence electrons. The molecule has 0 bridgehead atoms. The predicted octanol–water partition coefficient (Wildman–Crippen LogP) is 4.96. The maximum Gasteiger partial charge on any atom is 0.161 e. The van der Waals surface area contributed by atoms with Crippen LogP contribution in [0.3, 0.4) is 0 Å². The molecule has 0 aromatic heterocycles. The van der Waals surface area contributed by atoms with Crippen molar-refractivity contribution in [3.63, 3.8) is 0 Å². The van der Waals surface area contributed by atoms with Gasteiger partial charge in [-0.1, -0.05) is 18.5 Å². The van der Waals surface area contributed by atoms with E-state index in [9.17, 15) is 4.79 Å². The average Bonchev–Trinajstić information content (AvgIpc) is 2.65. The third-order valence-corrected chi connectivity index (χ3v) is 4.16. The van der Waals surface area contributed by atoms with Gasteiger partial charge in [0.25, 0.3) is 0 Å². The van der Waals surface area contributed by atoms with E-state index in [-0.39, 0.29) is 0 Å². The molecule has 2 aromatic carbocycles. The van der Waals surface area contributed by atoms with Crippen molar-refractivity contribution >= 4 is 17.9 Å². The van der Waals surface area contributed by atoms with E-state index in [1.165, 1.54) is 0 Å². The number of benzene rings is 2. The number of hydrogen-bond donors (Lipinski definition) is 0. The number of unbranched alkanes of at least 4 members (excludes halogenated alkanes) is 1. The Labute approximate surface area is 153 Å². The van der Waals surface area contributed by atoms with Gasteiger partial charge in [-0.2, -0.15) is 0 Å². The molecule has 2 rings (SSSR count). The number of hydrogen-bond acceptors (Lipinski definition) is 4. The fraction of sp³-hybridized carbons (Fsp3) is 0.350. The van der Waals surface area contributed by atoms with Gasteiger partial charge in [0.2, 0.25) is 0 Å². The van der Waals surface area contributed by atoms with E-state index < -0.39 is 0 Å². The zero-order chi connectivity index (χ0) is 18.1. The summed E-state index contributed by atoms with van der Waals surface area (Å²) in [7, 11) is 1.56. The van der Waals surface area contributed by atoms with Gasteiger partial charge in [-0.3, -0.25) is 4.79 Å². The summed E-state index contributed by atoms with van der Waals surface area (Å²) in [5, 5.41) is 0.776. The van der Waals surface area contributed by atoms with Crippen LogP contribution in [0.1, 0.15) is 35.7 Å². The summed E-state index contributed by atoms with van der Waals surface area (Å²) in [6.45, 7) is 3.24. The summed E-state index contributed by atoms with van der Waals surface area (Å²) < 4.78 is 16.7. The minimum Gasteiger partial charge on any atom is -0.494 e. The molecule has 4 nitrogen and oxygen atoms in total. The van der Waals surface area contributed by atoms with Gasteiger partial charge in [0.15, 0.2) is 11.5 Å². The summed E-state index contributed by atoms with van der Waals surface area (Å²) in [6.07, 6.45) is 3.39. The van der Waals surface area contributed by atoms with E-state index in [1.807, 2.05) is 18.2 Å². The molecule has 5 heteroatoms. The summed E-state index contributed by atoms with van der Waals surface area (Å²) in [6, 6.07) is 10.9. The van der Waals surface area contributed by atoms with E-state index >= 15 is 0 Å². The van der Waals surface area contributed by atoms with Crippen LogP contribution in [0.2, 0.25) is 5.02 Å². The topological polar surface area (TPSA) is 44.8 Å². The Bertz CT molecular complexity index is 700. The molecule has 0 aliphatic carbocycles. The zero-order valence-electron chi connectivity index (χ0n) is 14.6. The second-order valence-electron chi connectivity index (χ2n) is 5.54. The Morgan fingerprint density at radius 3 is 2.44 bits per heavy atom. The van der Waals surface area contributed by atoms with Crippen LogP contribution in [-0.2, 0) is 6.42 Å². The van der Waals surface area contributed by atoms with Crippen molar-refractivity contribution in [2.24, 2.45) is 0 Å². The molecule has 0 saturated carbocycles. The largest absolute Gasteiger partial charge is 0.494 e. The molecule has 0 fully saturated rings. The number of aryl methyl sites for hydroxylation is 1. The zero-order valence-corrected chi connectivity index (χ0v) is 15.3. The molecule has 0 unspecified atom stereocenters. The lowest BCUT2D eigenvalue weighted by Crippen LogP contribution is -2.03. The standard InChI is InChI=1S/C20H23ClO4/c1-3-16-13-17(7-8-18(16)21)24-10-4-5-11-25-19-9-6-15(14-22)12-20(19)23-2/h6-9,12-14H,3-5,10-11H2,1-2H3. The van der Waals surface area contributed by atoms with Gasteiger partial charge in [0.05, 0.1) is 20.3 Å². The minimum absolute atomic E-state index is 0.557. The maximum absolute atomic E-state index is 10.8. The number of carbonyl (C=O) groups is 1. The second-order valence-corrected chi connectivity index (χ2v) is 5.95. The van der Waals surface area contributed by atoms with E-state index in [0.717, 1.165) is 41.9 Å². The molecule has 2 aromatic rings. The Morgan fingerprint density at radius 1 is 1.00 bits per heavy atom. The van der Waals surface area contributed by atoms with Crippen LogP contribution in [-0.4, -0.2) is 26.6 Å². The molecule has 0 atom stereocenters. The van der Waals surface area contributed by atoms with Gasteiger partial charge in [-0.15, -0.1) is 0 Å². The van der Waals surface area contributed by atoms with Gasteiger partial charge in [0, 0.05) is 10.6 Å². The first-order chi connectivity index (χ1) is 12.2. The number of methoxy groups -OCH3 is 1. The second kappa shape index (κ2) is 9.94. The quantitative estimate of drug-likeness (QED) is 0.442. The van der Waals surface area contributed by atoms with E-state index in [4.69, 9.17) is 25.8 Å². The van der Waals surface area contributed by atoms with Crippen LogP contribution >= 0.6 is 11.6 Å². The highest BCUT2D eigenvalue weighted by molar-refractivity contribution is 6.31. The number of halogens is 1. The van der Waals surface area contributed by atoms with Crippen LogP contribution in [0.4, 0.5) is 0 Å². The van der Waals surface area contributed by atoms with Crippen molar-refractivity contribution in [1.82, 2.24) is 0 Å². The van der Waals surface area contributed by atoms with Crippen LogP contribution in [0, 0.1) is 0 Å². The van der Waals surface area contributed by atoms with E-state index in [0.29, 0.717) is 30.3 Å². The first-order valence-corrected chi connectivity index (χ1v) is 8.73. The Balaban J connectivity index is 1.72. The molecule has 0 radical (unpaired) electrons. The maximum atomic E-state index is 10.8. The molecular weight excluding hydrogens is 340 g/mol. The SMILES string of the molecule is CCc1cc(OCCCCOc2ccc(C=O)cc2OC)ccc1Cl. The smallest absolute Gasteiger partial charge is 0.161 e. The molecule has 0 amide bonds. The molecule has 0 heterocycles. The normalized spacial score (nSPS) is 10.4. The third kappa shape index (κ3) is 5.68. The minimum atomic E-state index is 0.557. The summed E-state index contributed by atoms with van der Waals surface area (Å²) >= 11 is 6.10. The van der Waals surface area contributed by atoms with Crippen LogP contribution < -0.4 is 14.2 Å². The fourth-order valence-corrected chi connectivity index (χ4v) is 2.62. The Kier molecular flexibility index (Phi) is 7.61. The van der Waals surface area contributed by atoms with Crippen molar-refractivity contribution in [3.8, 4) is 17.2 Å². The van der Waals surface area contributed by atoms with Crippen LogP contribution in [0.5, 0.6) is 17.2 Å². The van der Waals surface area contributed by atoms with Crippen molar-refractivity contribution < 1.29 is 19.0 Å². The molecular formula is C20H23ClO4. The molecule has 25 heavy (non-hydrogen) atoms. The van der Waals surface area contributed by atoms with Gasteiger partial charge in [0.1, 0.15) is 12.0 Å². The van der Waals surface area contributed by atoms with E-state index in [2.05, 4.69) is 6.92 Å². The lowest BCUT2D eigenvalue weighted by atomic mass is 10.1. The molecule has 0 saturated heterocycles. The summed E-state index contributed by atoms with van der Waals surface area (Å²) in [4.78, 5) is 10.8. The molecule has 0 aliphatic rings. The molecule has 0 N–H and O–H groups in total.